The number of carbonyl (C=O) groups is 2. The van der Waals surface area contributed by atoms with E-state index < -0.39 is 41.8 Å². The predicted molar refractivity (Wildman–Crippen MR) is 118 cm³/mol. The number of rotatable bonds is 1. The molecule has 0 saturated carbocycles. The van der Waals surface area contributed by atoms with Crippen LogP contribution in [0.15, 0.2) is 29.4 Å². The molecule has 3 heterocycles. The van der Waals surface area contributed by atoms with Gasteiger partial charge in [0, 0.05) is 11.7 Å². The lowest BCUT2D eigenvalue weighted by molar-refractivity contribution is 0.0517. The van der Waals surface area contributed by atoms with E-state index in [-0.39, 0.29) is 11.2 Å². The number of hydrogen-bond acceptors (Lipinski definition) is 8. The Bertz CT molecular complexity index is 1160. The van der Waals surface area contributed by atoms with Gasteiger partial charge in [-0.3, -0.25) is 0 Å². The third-order valence-electron chi connectivity index (χ3n) is 4.45. The van der Waals surface area contributed by atoms with E-state index in [1.807, 2.05) is 0 Å². The number of fused-ring (bicyclic) bond motifs is 1. The average Bonchev–Trinajstić information content (AvgIpc) is 3.03. The summed E-state index contributed by atoms with van der Waals surface area (Å²) in [5.74, 6) is 0.429. The highest BCUT2D eigenvalue weighted by atomic mass is 16.7. The molecule has 1 aliphatic heterocycles. The van der Waals surface area contributed by atoms with Crippen molar-refractivity contribution in [1.29, 1.82) is 0 Å². The Balaban J connectivity index is 2.19. The van der Waals surface area contributed by atoms with Crippen LogP contribution in [-0.2, 0) is 18.8 Å². The first-order chi connectivity index (χ1) is 14.5. The molecule has 0 bridgehead atoms. The van der Waals surface area contributed by atoms with Crippen LogP contribution in [0, 0.1) is 0 Å². The van der Waals surface area contributed by atoms with E-state index >= 15 is 0 Å². The number of imidazole rings is 1. The number of nitrogens with zero attached hydrogens (tertiary/aromatic N) is 3. The average molecular weight is 445 g/mol. The Morgan fingerprint density at radius 1 is 1.06 bits per heavy atom. The molecule has 0 aromatic carbocycles. The molecule has 0 atom stereocenters. The summed E-state index contributed by atoms with van der Waals surface area (Å²) in [6.45, 7) is 17.4. The molecule has 1 aliphatic rings. The zero-order valence-corrected chi connectivity index (χ0v) is 19.6. The van der Waals surface area contributed by atoms with E-state index in [9.17, 15) is 14.4 Å². The van der Waals surface area contributed by atoms with Crippen LogP contribution < -0.4 is 11.2 Å². The van der Waals surface area contributed by atoms with Gasteiger partial charge >= 0.3 is 25.0 Å². The largest absolute Gasteiger partial charge is 0.565 e. The summed E-state index contributed by atoms with van der Waals surface area (Å²) in [7, 11) is -0.846. The van der Waals surface area contributed by atoms with Crippen molar-refractivity contribution in [1.82, 2.24) is 14.1 Å². The van der Waals surface area contributed by atoms with Gasteiger partial charge in [0.1, 0.15) is 22.3 Å². The molecule has 2 aromatic heterocycles. The maximum Gasteiger partial charge on any atom is 0.565 e. The molecule has 0 N–H and O–H groups in total. The normalized spacial score (nSPS) is 16.2. The molecular weight excluding hydrogens is 417 g/mol. The summed E-state index contributed by atoms with van der Waals surface area (Å²) in [6, 6.07) is 1.49. The quantitative estimate of drug-likeness (QED) is 0.617. The van der Waals surface area contributed by atoms with Crippen LogP contribution >= 0.6 is 0 Å². The van der Waals surface area contributed by atoms with E-state index in [1.54, 1.807) is 55.4 Å². The monoisotopic (exact) mass is 445 g/mol. The molecule has 0 radical (unpaired) electrons. The summed E-state index contributed by atoms with van der Waals surface area (Å²) in [4.78, 5) is 43.0. The molecule has 11 heteroatoms. The minimum Gasteiger partial charge on any atom is -0.534 e. The van der Waals surface area contributed by atoms with Crippen molar-refractivity contribution in [3.05, 3.63) is 35.1 Å². The maximum absolute atomic E-state index is 13.1. The first-order valence-electron chi connectivity index (χ1n) is 10.1. The van der Waals surface area contributed by atoms with Crippen molar-refractivity contribution in [2.45, 2.75) is 72.2 Å². The molecule has 10 nitrogen and oxygen atoms in total. The van der Waals surface area contributed by atoms with E-state index in [0.29, 0.717) is 15.8 Å². The van der Waals surface area contributed by atoms with Gasteiger partial charge in [0.2, 0.25) is 0 Å². The van der Waals surface area contributed by atoms with Gasteiger partial charge in [-0.15, -0.1) is 0 Å². The Hall–Kier alpha value is -3.08. The van der Waals surface area contributed by atoms with Crippen LogP contribution in [0.3, 0.4) is 0 Å². The summed E-state index contributed by atoms with van der Waals surface area (Å²) < 4.78 is 23.7. The lowest BCUT2D eigenvalue weighted by Crippen LogP contribution is -2.38. The molecule has 0 unspecified atom stereocenters. The Morgan fingerprint density at radius 3 is 2.06 bits per heavy atom. The lowest BCUT2D eigenvalue weighted by Gasteiger charge is -2.19. The molecule has 32 heavy (non-hydrogen) atoms. The second kappa shape index (κ2) is 7.51. The van der Waals surface area contributed by atoms with Crippen molar-refractivity contribution < 1.29 is 28.4 Å². The van der Waals surface area contributed by atoms with Crippen LogP contribution in [0.4, 0.5) is 9.59 Å². The fourth-order valence-electron chi connectivity index (χ4n) is 2.94. The van der Waals surface area contributed by atoms with Gasteiger partial charge in [-0.05, 0) is 61.5 Å². The van der Waals surface area contributed by atoms with Crippen molar-refractivity contribution >= 4 is 35.9 Å². The Morgan fingerprint density at radius 2 is 1.59 bits per heavy atom. The molecule has 1 saturated heterocycles. The number of aromatic nitrogens is 3. The van der Waals surface area contributed by atoms with Crippen molar-refractivity contribution in [2.24, 2.45) is 0 Å². The number of ether oxygens (including phenoxy) is 2. The van der Waals surface area contributed by atoms with E-state index in [1.165, 1.54) is 12.3 Å². The number of hydrogen-bond donors (Lipinski definition) is 0. The smallest absolute Gasteiger partial charge is 0.534 e. The second-order valence-electron chi connectivity index (χ2n) is 10.0. The van der Waals surface area contributed by atoms with Crippen molar-refractivity contribution in [3.63, 3.8) is 0 Å². The van der Waals surface area contributed by atoms with Crippen LogP contribution in [0.2, 0.25) is 0 Å². The van der Waals surface area contributed by atoms with Crippen LogP contribution in [-0.4, -0.2) is 50.2 Å². The third-order valence-corrected chi connectivity index (χ3v) is 4.45. The van der Waals surface area contributed by atoms with Gasteiger partial charge in [-0.25, -0.2) is 19.4 Å². The van der Waals surface area contributed by atoms with Gasteiger partial charge in [-0.2, -0.15) is 9.13 Å². The van der Waals surface area contributed by atoms with Crippen LogP contribution in [0.25, 0.3) is 11.2 Å². The molecule has 172 valence electrons. The van der Waals surface area contributed by atoms with Gasteiger partial charge in [0.15, 0.2) is 5.65 Å². The standard InChI is InChI=1S/C21H28BN3O7/c1-12-21(8,9)32-22(31-12)13-10-14-15(23-11-13)25(18(28)30-20(5,6)7)16(26)24(14)17(27)29-19(2,3)4/h10-11H,1H2,2-9H3. The highest BCUT2D eigenvalue weighted by Crippen LogP contribution is 2.29. The second-order valence-corrected chi connectivity index (χ2v) is 10.0. The molecule has 0 amide bonds. The fourth-order valence-corrected chi connectivity index (χ4v) is 2.94. The van der Waals surface area contributed by atoms with Crippen molar-refractivity contribution in [2.75, 3.05) is 0 Å². The lowest BCUT2D eigenvalue weighted by atomic mass is 9.80. The van der Waals surface area contributed by atoms with Gasteiger partial charge in [0.05, 0.1) is 5.76 Å². The molecular formula is C21H28BN3O7. The van der Waals surface area contributed by atoms with Gasteiger partial charge in [-0.1, -0.05) is 6.58 Å². The van der Waals surface area contributed by atoms with Gasteiger partial charge in [0.25, 0.3) is 0 Å². The van der Waals surface area contributed by atoms with E-state index in [4.69, 9.17) is 18.8 Å². The SMILES string of the molecule is C=C1OB(c2cnc3c(c2)n(C(=O)OC(C)(C)C)c(=O)n3C(=O)OC(C)(C)C)OC1(C)C. The molecule has 2 aromatic rings. The molecule has 1 fully saturated rings. The number of carbonyl (C=O) groups excluding carboxylic acids is 2. The number of pyridine rings is 1. The predicted octanol–water partition coefficient (Wildman–Crippen LogP) is 2.80. The summed E-state index contributed by atoms with van der Waals surface area (Å²) in [5, 5.41) is 0. The highest BCUT2D eigenvalue weighted by Gasteiger charge is 2.43. The Kier molecular flexibility index (Phi) is 5.53. The molecule has 0 aliphatic carbocycles. The topological polar surface area (TPSA) is 111 Å². The first-order valence-corrected chi connectivity index (χ1v) is 10.1. The third kappa shape index (κ3) is 4.57. The molecule has 0 spiro atoms. The fraction of sp³-hybridized carbons (Fsp3) is 0.524. The zero-order chi connectivity index (χ0) is 24.2. The summed E-state index contributed by atoms with van der Waals surface area (Å²) in [6.07, 6.45) is -0.508. The van der Waals surface area contributed by atoms with E-state index in [2.05, 4.69) is 11.6 Å². The highest BCUT2D eigenvalue weighted by molar-refractivity contribution is 6.62. The van der Waals surface area contributed by atoms with Crippen LogP contribution in [0.5, 0.6) is 0 Å². The summed E-state index contributed by atoms with van der Waals surface area (Å²) in [5.41, 5.74) is -3.00. The Labute approximate surface area is 186 Å². The van der Waals surface area contributed by atoms with E-state index in [0.717, 1.165) is 4.57 Å². The maximum atomic E-state index is 13.1. The van der Waals surface area contributed by atoms with Gasteiger partial charge < -0.3 is 18.8 Å². The minimum atomic E-state index is -0.960. The molecule has 3 rings (SSSR count). The first kappa shape index (κ1) is 23.6. The summed E-state index contributed by atoms with van der Waals surface area (Å²) >= 11 is 0. The van der Waals surface area contributed by atoms with Crippen LogP contribution in [0.1, 0.15) is 55.4 Å². The zero-order valence-electron chi connectivity index (χ0n) is 19.6. The van der Waals surface area contributed by atoms with Crippen molar-refractivity contribution in [3.8, 4) is 0 Å². The minimum absolute atomic E-state index is 0.0510.